The van der Waals surface area contributed by atoms with Crippen LogP contribution in [0.15, 0.2) is 18.2 Å². The Morgan fingerprint density at radius 1 is 1.29 bits per heavy atom. The number of hydrogen-bond acceptors (Lipinski definition) is 2. The summed E-state index contributed by atoms with van der Waals surface area (Å²) in [6.07, 6.45) is 2.13. The number of nitrogens with zero attached hydrogens (tertiary/aromatic N) is 1. The Balaban J connectivity index is 1.93. The van der Waals surface area contributed by atoms with E-state index in [4.69, 9.17) is 0 Å². The van der Waals surface area contributed by atoms with Gasteiger partial charge in [-0.25, -0.2) is 4.79 Å². The van der Waals surface area contributed by atoms with Crippen LogP contribution >= 0.6 is 0 Å². The molecule has 0 heterocycles. The average Bonchev–Trinajstić information content (AvgIpc) is 3.21. The van der Waals surface area contributed by atoms with Gasteiger partial charge < -0.3 is 15.5 Å². The summed E-state index contributed by atoms with van der Waals surface area (Å²) in [5.41, 5.74) is 3.08. The molecule has 0 atom stereocenters. The van der Waals surface area contributed by atoms with E-state index >= 15 is 0 Å². The second kappa shape index (κ2) is 6.61. The molecule has 1 aromatic carbocycles. The van der Waals surface area contributed by atoms with Gasteiger partial charge in [0.2, 0.25) is 5.91 Å². The molecule has 1 aliphatic carbocycles. The first-order valence-corrected chi connectivity index (χ1v) is 7.37. The van der Waals surface area contributed by atoms with Crippen molar-refractivity contribution in [2.75, 3.05) is 18.0 Å². The lowest BCUT2D eigenvalue weighted by molar-refractivity contribution is -0.116. The van der Waals surface area contributed by atoms with E-state index in [1.807, 2.05) is 32.0 Å². The van der Waals surface area contributed by atoms with Gasteiger partial charge in [0.1, 0.15) is 0 Å². The highest BCUT2D eigenvalue weighted by Crippen LogP contribution is 2.21. The third kappa shape index (κ3) is 4.48. The van der Waals surface area contributed by atoms with Crippen molar-refractivity contribution in [3.63, 3.8) is 0 Å². The summed E-state index contributed by atoms with van der Waals surface area (Å²) >= 11 is 0. The second-order valence-electron chi connectivity index (χ2n) is 5.64. The molecule has 0 aliphatic heterocycles. The lowest BCUT2D eigenvalue weighted by Crippen LogP contribution is -2.42. The van der Waals surface area contributed by atoms with E-state index in [9.17, 15) is 9.59 Å². The molecule has 2 rings (SSSR count). The summed E-state index contributed by atoms with van der Waals surface area (Å²) in [5.74, 6) is -0.0203. The highest BCUT2D eigenvalue weighted by molar-refractivity contribution is 5.92. The summed E-state index contributed by atoms with van der Waals surface area (Å²) in [6, 6.07) is 6.22. The van der Waals surface area contributed by atoms with Crippen LogP contribution in [0.3, 0.4) is 0 Å². The Morgan fingerprint density at radius 3 is 2.62 bits per heavy atom. The van der Waals surface area contributed by atoms with Crippen LogP contribution in [0.25, 0.3) is 0 Å². The molecule has 5 heteroatoms. The highest BCUT2D eigenvalue weighted by atomic mass is 16.2. The molecule has 0 saturated heterocycles. The average molecular weight is 289 g/mol. The number of hydrogen-bond donors (Lipinski definition) is 2. The first kappa shape index (κ1) is 15.4. The van der Waals surface area contributed by atoms with E-state index in [-0.39, 0.29) is 11.9 Å². The van der Waals surface area contributed by atoms with Gasteiger partial charge in [0.15, 0.2) is 0 Å². The molecule has 0 bridgehead atoms. The van der Waals surface area contributed by atoms with Gasteiger partial charge in [0, 0.05) is 31.7 Å². The Morgan fingerprint density at radius 2 is 2.00 bits per heavy atom. The summed E-state index contributed by atoms with van der Waals surface area (Å²) in [4.78, 5) is 25.2. The van der Waals surface area contributed by atoms with Gasteiger partial charge in [-0.05, 0) is 43.9 Å². The molecule has 0 radical (unpaired) electrons. The van der Waals surface area contributed by atoms with Crippen LogP contribution in [0, 0.1) is 13.8 Å². The van der Waals surface area contributed by atoms with Crippen molar-refractivity contribution in [1.29, 1.82) is 0 Å². The van der Waals surface area contributed by atoms with Crippen molar-refractivity contribution in [2.45, 2.75) is 39.7 Å². The topological polar surface area (TPSA) is 61.4 Å². The lowest BCUT2D eigenvalue weighted by Gasteiger charge is -2.23. The number of benzene rings is 1. The standard InChI is InChI=1S/C16H23N3O2/c1-11-4-5-12(2)15(10-11)19(13(3)20)9-8-17-16(21)18-14-6-7-14/h4-5,10,14H,6-9H2,1-3H3,(H2,17,18,21). The number of urea groups is 1. The van der Waals surface area contributed by atoms with Gasteiger partial charge >= 0.3 is 6.03 Å². The number of rotatable bonds is 5. The fourth-order valence-electron chi connectivity index (χ4n) is 2.20. The van der Waals surface area contributed by atoms with E-state index in [2.05, 4.69) is 10.6 Å². The summed E-state index contributed by atoms with van der Waals surface area (Å²) in [5, 5.41) is 5.66. The fourth-order valence-corrected chi connectivity index (χ4v) is 2.20. The largest absolute Gasteiger partial charge is 0.336 e. The van der Waals surface area contributed by atoms with Gasteiger partial charge in [-0.2, -0.15) is 0 Å². The SMILES string of the molecule is CC(=O)N(CCNC(=O)NC1CC1)c1cc(C)ccc1C. The molecule has 0 unspecified atom stereocenters. The van der Waals surface area contributed by atoms with Crippen molar-refractivity contribution in [1.82, 2.24) is 10.6 Å². The Labute approximate surface area is 125 Å². The molecule has 5 nitrogen and oxygen atoms in total. The quantitative estimate of drug-likeness (QED) is 0.872. The third-order valence-corrected chi connectivity index (χ3v) is 3.57. The van der Waals surface area contributed by atoms with Crippen LogP contribution in [0.4, 0.5) is 10.5 Å². The Kier molecular flexibility index (Phi) is 4.83. The summed E-state index contributed by atoms with van der Waals surface area (Å²) in [6.45, 7) is 6.44. The molecule has 1 fully saturated rings. The maximum absolute atomic E-state index is 11.9. The molecule has 2 N–H and O–H groups in total. The van der Waals surface area contributed by atoms with E-state index in [0.717, 1.165) is 29.7 Å². The molecule has 3 amide bonds. The minimum absolute atomic E-state index is 0.0203. The van der Waals surface area contributed by atoms with Gasteiger partial charge in [-0.15, -0.1) is 0 Å². The molecular formula is C16H23N3O2. The minimum Gasteiger partial charge on any atom is -0.336 e. The van der Waals surface area contributed by atoms with E-state index in [1.54, 1.807) is 11.8 Å². The molecule has 0 aromatic heterocycles. The van der Waals surface area contributed by atoms with Crippen LogP contribution in [0.5, 0.6) is 0 Å². The number of carbonyl (C=O) groups is 2. The predicted octanol–water partition coefficient (Wildman–Crippen LogP) is 2.12. The molecule has 1 aromatic rings. The van der Waals surface area contributed by atoms with Crippen molar-refractivity contribution < 1.29 is 9.59 Å². The highest BCUT2D eigenvalue weighted by Gasteiger charge is 2.23. The summed E-state index contributed by atoms with van der Waals surface area (Å²) in [7, 11) is 0. The van der Waals surface area contributed by atoms with Gasteiger partial charge in [0.05, 0.1) is 0 Å². The first-order chi connectivity index (χ1) is 9.97. The maximum atomic E-state index is 11.9. The Hall–Kier alpha value is -2.04. The number of nitrogens with one attached hydrogen (secondary N) is 2. The lowest BCUT2D eigenvalue weighted by atomic mass is 10.1. The molecule has 21 heavy (non-hydrogen) atoms. The number of amides is 3. The van der Waals surface area contributed by atoms with Crippen LogP contribution in [-0.4, -0.2) is 31.1 Å². The third-order valence-electron chi connectivity index (χ3n) is 3.57. The van der Waals surface area contributed by atoms with Crippen molar-refractivity contribution in [3.05, 3.63) is 29.3 Å². The van der Waals surface area contributed by atoms with Crippen LogP contribution in [0.2, 0.25) is 0 Å². The second-order valence-corrected chi connectivity index (χ2v) is 5.64. The van der Waals surface area contributed by atoms with E-state index in [1.165, 1.54) is 0 Å². The Bertz CT molecular complexity index is 538. The van der Waals surface area contributed by atoms with E-state index in [0.29, 0.717) is 19.1 Å². The van der Waals surface area contributed by atoms with Gasteiger partial charge in [-0.1, -0.05) is 12.1 Å². The van der Waals surface area contributed by atoms with E-state index < -0.39 is 0 Å². The maximum Gasteiger partial charge on any atom is 0.315 e. The van der Waals surface area contributed by atoms with Crippen molar-refractivity contribution in [3.8, 4) is 0 Å². The van der Waals surface area contributed by atoms with Gasteiger partial charge in [0.25, 0.3) is 0 Å². The van der Waals surface area contributed by atoms with Crippen LogP contribution < -0.4 is 15.5 Å². The monoisotopic (exact) mass is 289 g/mol. The number of carbonyl (C=O) groups excluding carboxylic acids is 2. The molecular weight excluding hydrogens is 266 g/mol. The molecule has 0 spiro atoms. The van der Waals surface area contributed by atoms with Gasteiger partial charge in [-0.3, -0.25) is 4.79 Å². The molecule has 1 aliphatic rings. The van der Waals surface area contributed by atoms with Crippen LogP contribution in [-0.2, 0) is 4.79 Å². The summed E-state index contributed by atoms with van der Waals surface area (Å²) < 4.78 is 0. The zero-order valence-electron chi connectivity index (χ0n) is 12.9. The zero-order chi connectivity index (χ0) is 15.4. The fraction of sp³-hybridized carbons (Fsp3) is 0.500. The van der Waals surface area contributed by atoms with Crippen LogP contribution in [0.1, 0.15) is 30.9 Å². The van der Waals surface area contributed by atoms with Crippen molar-refractivity contribution in [2.24, 2.45) is 0 Å². The molecule has 114 valence electrons. The van der Waals surface area contributed by atoms with Crippen molar-refractivity contribution >= 4 is 17.6 Å². The zero-order valence-corrected chi connectivity index (χ0v) is 12.9. The smallest absolute Gasteiger partial charge is 0.315 e. The predicted molar refractivity (Wildman–Crippen MR) is 83.5 cm³/mol. The molecule has 1 saturated carbocycles. The normalized spacial score (nSPS) is 13.7. The minimum atomic E-state index is -0.151. The first-order valence-electron chi connectivity index (χ1n) is 7.37. The number of aryl methyl sites for hydroxylation is 2. The number of anilines is 1.